The van der Waals surface area contributed by atoms with E-state index in [0.717, 1.165) is 10.9 Å². The topological polar surface area (TPSA) is 101 Å². The van der Waals surface area contributed by atoms with E-state index in [9.17, 15) is 22.8 Å². The highest BCUT2D eigenvalue weighted by Crippen LogP contribution is 2.50. The zero-order valence-corrected chi connectivity index (χ0v) is 19.7. The number of anilines is 1. The Labute approximate surface area is 209 Å². The fraction of sp³-hybridized carbons (Fsp3) is 0.440. The average Bonchev–Trinajstić information content (AvgIpc) is 3.61. The number of halogens is 3. The van der Waals surface area contributed by atoms with Crippen LogP contribution >= 0.6 is 0 Å². The number of carbonyl (C=O) groups is 2. The second-order valence-corrected chi connectivity index (χ2v) is 9.64. The number of aromatic nitrogens is 3. The van der Waals surface area contributed by atoms with Crippen LogP contribution in [0.2, 0.25) is 0 Å². The van der Waals surface area contributed by atoms with Crippen LogP contribution in [-0.2, 0) is 19.7 Å². The van der Waals surface area contributed by atoms with Crippen molar-refractivity contribution in [2.45, 2.75) is 49.6 Å². The summed E-state index contributed by atoms with van der Waals surface area (Å²) >= 11 is 0. The fourth-order valence-corrected chi connectivity index (χ4v) is 5.73. The summed E-state index contributed by atoms with van der Waals surface area (Å²) in [5.41, 5.74) is 1.20. The maximum Gasteiger partial charge on any atom is 0.433 e. The lowest BCUT2D eigenvalue weighted by Gasteiger charge is -2.36. The van der Waals surface area contributed by atoms with Crippen LogP contribution in [0.1, 0.15) is 31.2 Å². The molecule has 1 unspecified atom stereocenters. The van der Waals surface area contributed by atoms with Gasteiger partial charge in [-0.3, -0.25) is 14.7 Å². The number of alkyl halides is 3. The molecule has 9 nitrogen and oxygen atoms in total. The predicted molar refractivity (Wildman–Crippen MR) is 125 cm³/mol. The molecule has 1 N–H and O–H groups in total. The van der Waals surface area contributed by atoms with Gasteiger partial charge in [-0.2, -0.15) is 18.3 Å². The van der Waals surface area contributed by atoms with Gasteiger partial charge in [-0.25, -0.2) is 4.98 Å². The van der Waals surface area contributed by atoms with E-state index < -0.39 is 30.3 Å². The number of H-pyrrole nitrogens is 1. The third kappa shape index (κ3) is 3.99. The molecule has 1 spiro atoms. The van der Waals surface area contributed by atoms with Gasteiger partial charge in [0.15, 0.2) is 5.65 Å². The highest BCUT2D eigenvalue weighted by Gasteiger charge is 2.54. The van der Waals surface area contributed by atoms with Gasteiger partial charge in [0.05, 0.1) is 30.5 Å². The number of nitrogens with one attached hydrogen (secondary N) is 1. The summed E-state index contributed by atoms with van der Waals surface area (Å²) in [5, 5.41) is 7.59. The van der Waals surface area contributed by atoms with E-state index >= 15 is 0 Å². The van der Waals surface area contributed by atoms with E-state index in [-0.39, 0.29) is 25.2 Å². The van der Waals surface area contributed by atoms with Gasteiger partial charge in [0.25, 0.3) is 0 Å². The highest BCUT2D eigenvalue weighted by atomic mass is 19.4. The van der Waals surface area contributed by atoms with Gasteiger partial charge in [0.2, 0.25) is 18.0 Å². The van der Waals surface area contributed by atoms with E-state index in [1.165, 1.54) is 4.90 Å². The van der Waals surface area contributed by atoms with Crippen molar-refractivity contribution in [3.63, 3.8) is 0 Å². The zero-order chi connectivity index (χ0) is 25.8. The number of hydrogen-bond acceptors (Lipinski definition) is 6. The Morgan fingerprint density at radius 3 is 2.78 bits per heavy atom. The van der Waals surface area contributed by atoms with Crippen LogP contribution in [0.15, 0.2) is 42.7 Å². The number of ether oxygens (including phenoxy) is 2. The summed E-state index contributed by atoms with van der Waals surface area (Å²) in [5.74, 6) is -0.433. The van der Waals surface area contributed by atoms with Crippen molar-refractivity contribution in [1.82, 2.24) is 20.1 Å². The van der Waals surface area contributed by atoms with Crippen molar-refractivity contribution >= 4 is 28.5 Å². The smallest absolute Gasteiger partial charge is 0.433 e. The van der Waals surface area contributed by atoms with Crippen molar-refractivity contribution < 1.29 is 32.2 Å². The Morgan fingerprint density at radius 1 is 1.22 bits per heavy atom. The molecule has 0 bridgehead atoms. The van der Waals surface area contributed by atoms with E-state index in [4.69, 9.17) is 9.47 Å². The second-order valence-electron chi connectivity index (χ2n) is 9.64. The van der Waals surface area contributed by atoms with Gasteiger partial charge in [-0.1, -0.05) is 18.2 Å². The first-order valence-electron chi connectivity index (χ1n) is 12.1. The number of rotatable bonds is 4. The SMILES string of the molecule is O=C(CN1C(=O)C2(CCC(Oc3cnc4[nH]ncc4c3)CC2)c2ccccc21)N1CCOC1C(F)(F)F. The minimum atomic E-state index is -4.70. The first-order valence-corrected chi connectivity index (χ1v) is 12.1. The average molecular weight is 515 g/mol. The number of fused-ring (bicyclic) bond motifs is 3. The second kappa shape index (κ2) is 8.72. The van der Waals surface area contributed by atoms with Crippen LogP contribution in [0, 0.1) is 0 Å². The third-order valence-corrected chi connectivity index (χ3v) is 7.50. The molecule has 1 saturated carbocycles. The number of pyridine rings is 1. The van der Waals surface area contributed by atoms with Crippen molar-refractivity contribution in [2.24, 2.45) is 0 Å². The summed E-state index contributed by atoms with van der Waals surface area (Å²) < 4.78 is 50.9. The monoisotopic (exact) mass is 515 g/mol. The Hall–Kier alpha value is -3.67. The standard InChI is InChI=1S/C25H24F3N5O4/c26-25(27,28)23-32(9-10-36-23)20(34)14-33-19-4-2-1-3-18(19)24(22(33)35)7-5-16(6-8-24)37-17-11-15-12-30-31-21(15)29-13-17/h1-4,11-13,16,23H,5-10,14H2,(H,29,30,31). The molecule has 4 heterocycles. The number of aromatic amines is 1. The van der Waals surface area contributed by atoms with Crippen LogP contribution < -0.4 is 9.64 Å². The molecule has 37 heavy (non-hydrogen) atoms. The molecule has 2 fully saturated rings. The molecule has 1 aliphatic carbocycles. The molecule has 1 aromatic carbocycles. The van der Waals surface area contributed by atoms with Crippen molar-refractivity contribution in [2.75, 3.05) is 24.6 Å². The zero-order valence-electron chi connectivity index (χ0n) is 19.7. The largest absolute Gasteiger partial charge is 0.489 e. The van der Waals surface area contributed by atoms with E-state index in [2.05, 4.69) is 15.2 Å². The molecule has 12 heteroatoms. The molecule has 6 rings (SSSR count). The van der Waals surface area contributed by atoms with Crippen LogP contribution in [0.5, 0.6) is 5.75 Å². The number of para-hydroxylation sites is 1. The van der Waals surface area contributed by atoms with Gasteiger partial charge in [0.1, 0.15) is 12.3 Å². The molecule has 3 aromatic rings. The molecule has 3 aliphatic rings. The molecule has 2 amide bonds. The highest BCUT2D eigenvalue weighted by molar-refractivity contribution is 6.10. The first kappa shape index (κ1) is 23.7. The Kier molecular flexibility index (Phi) is 5.59. The lowest BCUT2D eigenvalue weighted by molar-refractivity contribution is -0.238. The lowest BCUT2D eigenvalue weighted by Crippen LogP contribution is -2.51. The molecule has 1 atom stereocenters. The molecule has 1 saturated heterocycles. The number of hydrogen-bond donors (Lipinski definition) is 1. The quantitative estimate of drug-likeness (QED) is 0.572. The molecule has 194 valence electrons. The van der Waals surface area contributed by atoms with Gasteiger partial charge in [0, 0.05) is 17.6 Å². The maximum atomic E-state index is 13.8. The van der Waals surface area contributed by atoms with Gasteiger partial charge < -0.3 is 19.3 Å². The third-order valence-electron chi connectivity index (χ3n) is 7.50. The van der Waals surface area contributed by atoms with Gasteiger partial charge in [-0.15, -0.1) is 0 Å². The van der Waals surface area contributed by atoms with Crippen LogP contribution in [0.3, 0.4) is 0 Å². The molecule has 0 radical (unpaired) electrons. The van der Waals surface area contributed by atoms with Crippen LogP contribution in [0.25, 0.3) is 11.0 Å². The number of nitrogens with zero attached hydrogens (tertiary/aromatic N) is 4. The fourth-order valence-electron chi connectivity index (χ4n) is 5.73. The van der Waals surface area contributed by atoms with Crippen molar-refractivity contribution in [1.29, 1.82) is 0 Å². The maximum absolute atomic E-state index is 13.8. The van der Waals surface area contributed by atoms with E-state index in [1.54, 1.807) is 24.5 Å². The lowest BCUT2D eigenvalue weighted by atomic mass is 9.69. The Balaban J connectivity index is 1.19. The molecular formula is C25H24F3N5O4. The van der Waals surface area contributed by atoms with Crippen molar-refractivity contribution in [3.8, 4) is 5.75 Å². The molecule has 2 aliphatic heterocycles. The summed E-state index contributed by atoms with van der Waals surface area (Å²) in [6.07, 6.45) is -1.62. The summed E-state index contributed by atoms with van der Waals surface area (Å²) in [6, 6.07) is 9.06. The summed E-state index contributed by atoms with van der Waals surface area (Å²) in [7, 11) is 0. The van der Waals surface area contributed by atoms with Gasteiger partial charge in [-0.05, 0) is 43.4 Å². The van der Waals surface area contributed by atoms with Crippen LogP contribution in [0.4, 0.5) is 18.9 Å². The first-order chi connectivity index (χ1) is 17.8. The summed E-state index contributed by atoms with van der Waals surface area (Å²) in [6.45, 7) is -0.838. The molecule has 2 aromatic heterocycles. The minimum absolute atomic E-state index is 0.123. The van der Waals surface area contributed by atoms with E-state index in [1.807, 2.05) is 18.2 Å². The van der Waals surface area contributed by atoms with Crippen molar-refractivity contribution in [3.05, 3.63) is 48.3 Å². The molecular weight excluding hydrogens is 491 g/mol. The normalized spacial score (nSPS) is 25.8. The summed E-state index contributed by atoms with van der Waals surface area (Å²) in [4.78, 5) is 33.0. The Morgan fingerprint density at radius 2 is 2.00 bits per heavy atom. The number of carbonyl (C=O) groups excluding carboxylic acids is 2. The minimum Gasteiger partial charge on any atom is -0.489 e. The van der Waals surface area contributed by atoms with E-state index in [0.29, 0.717) is 47.7 Å². The predicted octanol–water partition coefficient (Wildman–Crippen LogP) is 3.31. The van der Waals surface area contributed by atoms with Crippen LogP contribution in [-0.4, -0.2) is 70.1 Å². The Bertz CT molecular complexity index is 1350. The number of amides is 2. The number of benzene rings is 1. The van der Waals surface area contributed by atoms with Gasteiger partial charge >= 0.3 is 6.18 Å².